The van der Waals surface area contributed by atoms with Crippen LogP contribution in [0.4, 0.5) is 4.79 Å². The van der Waals surface area contributed by atoms with Crippen LogP contribution >= 0.6 is 0 Å². The first-order valence-electron chi connectivity index (χ1n) is 8.53. The Balaban J connectivity index is 1.46. The summed E-state index contributed by atoms with van der Waals surface area (Å²) in [5.74, 6) is 1.66. The van der Waals surface area contributed by atoms with E-state index in [4.69, 9.17) is 9.47 Å². The van der Waals surface area contributed by atoms with Gasteiger partial charge in [-0.15, -0.1) is 0 Å². The second-order valence-electron chi connectivity index (χ2n) is 6.32. The van der Waals surface area contributed by atoms with E-state index >= 15 is 0 Å². The normalized spacial score (nSPS) is 15.7. The number of aryl methyl sites for hydroxylation is 1. The van der Waals surface area contributed by atoms with Crippen LogP contribution in [-0.2, 0) is 12.8 Å². The molecule has 0 bridgehead atoms. The molecule has 1 unspecified atom stereocenters. The van der Waals surface area contributed by atoms with E-state index in [-0.39, 0.29) is 12.1 Å². The Bertz CT molecular complexity index is 728. The molecule has 1 aliphatic rings. The number of hydrogen-bond donors (Lipinski definition) is 2. The first kappa shape index (κ1) is 17.1. The number of fused-ring (bicyclic) bond motifs is 1. The van der Waals surface area contributed by atoms with E-state index in [1.807, 2.05) is 18.2 Å². The lowest BCUT2D eigenvalue weighted by Gasteiger charge is -2.26. The summed E-state index contributed by atoms with van der Waals surface area (Å²) in [6.07, 6.45) is 1.55. The van der Waals surface area contributed by atoms with Crippen molar-refractivity contribution in [1.82, 2.24) is 10.6 Å². The molecule has 5 heteroatoms. The Labute approximate surface area is 148 Å². The van der Waals surface area contributed by atoms with Gasteiger partial charge in [-0.3, -0.25) is 0 Å². The van der Waals surface area contributed by atoms with Gasteiger partial charge in [-0.05, 0) is 49.1 Å². The van der Waals surface area contributed by atoms with Gasteiger partial charge in [0.1, 0.15) is 18.1 Å². The third-order valence-corrected chi connectivity index (χ3v) is 4.33. The fourth-order valence-electron chi connectivity index (χ4n) is 2.90. The second-order valence-corrected chi connectivity index (χ2v) is 6.32. The maximum atomic E-state index is 12.1. The standard InChI is InChI=1S/C20H24N2O3/c1-14-3-5-15(6-4-14)9-10-21-20(23)22-17-11-16-12-18(24-2)7-8-19(16)25-13-17/h3-8,12,17H,9-11,13H2,1-2H3,(H2,21,22,23). The molecule has 0 radical (unpaired) electrons. The van der Waals surface area contributed by atoms with Crippen LogP contribution in [0.1, 0.15) is 16.7 Å². The summed E-state index contributed by atoms with van der Waals surface area (Å²) >= 11 is 0. The summed E-state index contributed by atoms with van der Waals surface area (Å²) in [6, 6.07) is 13.9. The summed E-state index contributed by atoms with van der Waals surface area (Å²) < 4.78 is 11.0. The molecule has 0 aliphatic carbocycles. The maximum Gasteiger partial charge on any atom is 0.315 e. The minimum Gasteiger partial charge on any atom is -0.497 e. The molecule has 0 saturated heterocycles. The maximum absolute atomic E-state index is 12.1. The minimum absolute atomic E-state index is 0.0426. The lowest BCUT2D eigenvalue weighted by molar-refractivity contribution is 0.214. The SMILES string of the molecule is COc1ccc2c(c1)CC(NC(=O)NCCc1ccc(C)cc1)CO2. The highest BCUT2D eigenvalue weighted by atomic mass is 16.5. The fourth-order valence-corrected chi connectivity index (χ4v) is 2.90. The number of benzene rings is 2. The lowest BCUT2D eigenvalue weighted by Crippen LogP contribution is -2.47. The average molecular weight is 340 g/mol. The summed E-state index contributed by atoms with van der Waals surface area (Å²) in [4.78, 5) is 12.1. The van der Waals surface area contributed by atoms with Gasteiger partial charge < -0.3 is 20.1 Å². The van der Waals surface area contributed by atoms with Crippen LogP contribution < -0.4 is 20.1 Å². The predicted octanol–water partition coefficient (Wildman–Crippen LogP) is 2.85. The van der Waals surface area contributed by atoms with Crippen molar-refractivity contribution in [2.75, 3.05) is 20.3 Å². The van der Waals surface area contributed by atoms with E-state index in [0.29, 0.717) is 13.2 Å². The average Bonchev–Trinajstić information content (AvgIpc) is 2.62. The zero-order valence-corrected chi connectivity index (χ0v) is 14.7. The van der Waals surface area contributed by atoms with E-state index in [1.165, 1.54) is 11.1 Å². The van der Waals surface area contributed by atoms with Gasteiger partial charge in [0.2, 0.25) is 0 Å². The number of carbonyl (C=O) groups excluding carboxylic acids is 1. The molecule has 0 aromatic heterocycles. The van der Waals surface area contributed by atoms with Crippen molar-refractivity contribution in [2.24, 2.45) is 0 Å². The second kappa shape index (κ2) is 7.92. The van der Waals surface area contributed by atoms with Crippen molar-refractivity contribution in [1.29, 1.82) is 0 Å². The number of hydrogen-bond acceptors (Lipinski definition) is 3. The molecule has 2 aromatic rings. The molecule has 0 spiro atoms. The van der Waals surface area contributed by atoms with E-state index < -0.39 is 0 Å². The first-order chi connectivity index (χ1) is 12.1. The molecule has 2 aromatic carbocycles. The molecule has 0 fully saturated rings. The van der Waals surface area contributed by atoms with Crippen molar-refractivity contribution in [2.45, 2.75) is 25.8 Å². The molecular formula is C20H24N2O3. The highest BCUT2D eigenvalue weighted by Crippen LogP contribution is 2.28. The smallest absolute Gasteiger partial charge is 0.315 e. The van der Waals surface area contributed by atoms with Gasteiger partial charge in [-0.2, -0.15) is 0 Å². The Morgan fingerprint density at radius 1 is 1.24 bits per heavy atom. The summed E-state index contributed by atoms with van der Waals surface area (Å²) in [5, 5.41) is 5.89. The van der Waals surface area contributed by atoms with E-state index in [9.17, 15) is 4.79 Å². The van der Waals surface area contributed by atoms with Crippen molar-refractivity contribution < 1.29 is 14.3 Å². The van der Waals surface area contributed by atoms with Gasteiger partial charge in [0.05, 0.1) is 13.2 Å². The van der Waals surface area contributed by atoms with Gasteiger partial charge >= 0.3 is 6.03 Å². The summed E-state index contributed by atoms with van der Waals surface area (Å²) in [6.45, 7) is 3.15. The number of methoxy groups -OCH3 is 1. The number of ether oxygens (including phenoxy) is 2. The molecule has 5 nitrogen and oxygen atoms in total. The number of nitrogens with one attached hydrogen (secondary N) is 2. The predicted molar refractivity (Wildman–Crippen MR) is 97.4 cm³/mol. The molecule has 2 N–H and O–H groups in total. The molecule has 25 heavy (non-hydrogen) atoms. The van der Waals surface area contributed by atoms with Gasteiger partial charge in [0.25, 0.3) is 0 Å². The third kappa shape index (κ3) is 4.66. The topological polar surface area (TPSA) is 59.6 Å². The van der Waals surface area contributed by atoms with Gasteiger partial charge in [-0.25, -0.2) is 4.79 Å². The summed E-state index contributed by atoms with van der Waals surface area (Å²) in [5.41, 5.74) is 3.51. The van der Waals surface area contributed by atoms with Crippen LogP contribution in [0.2, 0.25) is 0 Å². The Hall–Kier alpha value is -2.69. The fraction of sp³-hybridized carbons (Fsp3) is 0.350. The molecule has 1 aliphatic heterocycles. The van der Waals surface area contributed by atoms with E-state index in [2.05, 4.69) is 41.8 Å². The monoisotopic (exact) mass is 340 g/mol. The number of rotatable bonds is 5. The third-order valence-electron chi connectivity index (χ3n) is 4.33. The zero-order valence-electron chi connectivity index (χ0n) is 14.7. The molecule has 2 amide bonds. The lowest BCUT2D eigenvalue weighted by atomic mass is 10.0. The largest absolute Gasteiger partial charge is 0.497 e. The van der Waals surface area contributed by atoms with Crippen LogP contribution in [0.15, 0.2) is 42.5 Å². The summed E-state index contributed by atoms with van der Waals surface area (Å²) in [7, 11) is 1.64. The van der Waals surface area contributed by atoms with Crippen molar-refractivity contribution in [3.63, 3.8) is 0 Å². The Morgan fingerprint density at radius 3 is 2.80 bits per heavy atom. The van der Waals surface area contributed by atoms with Crippen LogP contribution in [0.3, 0.4) is 0 Å². The van der Waals surface area contributed by atoms with Crippen LogP contribution in [0.25, 0.3) is 0 Å². The molecule has 1 atom stereocenters. The minimum atomic E-state index is -0.160. The van der Waals surface area contributed by atoms with Gasteiger partial charge in [0, 0.05) is 6.54 Å². The van der Waals surface area contributed by atoms with E-state index in [0.717, 1.165) is 29.9 Å². The van der Waals surface area contributed by atoms with Crippen molar-refractivity contribution >= 4 is 6.03 Å². The zero-order chi connectivity index (χ0) is 17.6. The van der Waals surface area contributed by atoms with Gasteiger partial charge in [-0.1, -0.05) is 29.8 Å². The highest BCUT2D eigenvalue weighted by Gasteiger charge is 2.21. The van der Waals surface area contributed by atoms with Crippen LogP contribution in [-0.4, -0.2) is 32.3 Å². The molecule has 0 saturated carbocycles. The number of carbonyl (C=O) groups is 1. The molecule has 3 rings (SSSR count). The molecular weight excluding hydrogens is 316 g/mol. The van der Waals surface area contributed by atoms with Crippen LogP contribution in [0, 0.1) is 6.92 Å². The van der Waals surface area contributed by atoms with Crippen molar-refractivity contribution in [3.05, 3.63) is 59.2 Å². The number of urea groups is 1. The highest BCUT2D eigenvalue weighted by molar-refractivity contribution is 5.74. The molecule has 1 heterocycles. The Kier molecular flexibility index (Phi) is 5.43. The first-order valence-corrected chi connectivity index (χ1v) is 8.53. The quantitative estimate of drug-likeness (QED) is 0.880. The van der Waals surface area contributed by atoms with Gasteiger partial charge in [0.15, 0.2) is 0 Å². The molecule has 132 valence electrons. The Morgan fingerprint density at radius 2 is 2.04 bits per heavy atom. The van der Waals surface area contributed by atoms with Crippen molar-refractivity contribution in [3.8, 4) is 11.5 Å². The van der Waals surface area contributed by atoms with Crippen LogP contribution in [0.5, 0.6) is 11.5 Å². The van der Waals surface area contributed by atoms with E-state index in [1.54, 1.807) is 7.11 Å². The number of amides is 2.